The monoisotopic (exact) mass is 495 g/mol. The van der Waals surface area contributed by atoms with Gasteiger partial charge >= 0.3 is 0 Å². The van der Waals surface area contributed by atoms with Crippen LogP contribution >= 0.6 is 0 Å². The van der Waals surface area contributed by atoms with E-state index >= 15 is 0 Å². The van der Waals surface area contributed by atoms with E-state index in [0.717, 1.165) is 16.9 Å². The van der Waals surface area contributed by atoms with Gasteiger partial charge < -0.3 is 5.32 Å². The van der Waals surface area contributed by atoms with Crippen molar-refractivity contribution in [3.05, 3.63) is 77.4 Å². The van der Waals surface area contributed by atoms with E-state index in [0.29, 0.717) is 12.8 Å². The fourth-order valence-electron chi connectivity index (χ4n) is 4.38. The number of hydrogen-bond acceptors (Lipinski definition) is 5. The number of piperidine rings is 1. The summed E-state index contributed by atoms with van der Waals surface area (Å²) in [5.41, 5.74) is 2.51. The third-order valence-corrected chi connectivity index (χ3v) is 8.35. The lowest BCUT2D eigenvalue weighted by Crippen LogP contribution is -2.43. The lowest BCUT2D eigenvalue weighted by molar-refractivity contribution is -0.126. The van der Waals surface area contributed by atoms with E-state index in [1.54, 1.807) is 35.1 Å². The largest absolute Gasteiger partial charge is 0.349 e. The Bertz CT molecular complexity index is 1370. The number of nitrogens with zero attached hydrogens (tertiary/aromatic N) is 4. The van der Waals surface area contributed by atoms with Gasteiger partial charge in [0, 0.05) is 30.3 Å². The van der Waals surface area contributed by atoms with Gasteiger partial charge in [-0.25, -0.2) is 17.5 Å². The van der Waals surface area contributed by atoms with Gasteiger partial charge in [-0.05, 0) is 63.1 Å². The minimum absolute atomic E-state index is 0.00679. The zero-order valence-corrected chi connectivity index (χ0v) is 20.3. The number of sulfonamides is 1. The van der Waals surface area contributed by atoms with E-state index in [-0.39, 0.29) is 47.2 Å². The van der Waals surface area contributed by atoms with Crippen molar-refractivity contribution in [3.8, 4) is 11.8 Å². The number of aromatic nitrogens is 2. The molecule has 8 nitrogen and oxygen atoms in total. The highest BCUT2D eigenvalue weighted by molar-refractivity contribution is 7.89. The Morgan fingerprint density at radius 2 is 1.83 bits per heavy atom. The van der Waals surface area contributed by atoms with E-state index < -0.39 is 10.0 Å². The topological polar surface area (TPSA) is 108 Å². The highest BCUT2D eigenvalue weighted by atomic mass is 32.2. The second-order valence-electron chi connectivity index (χ2n) is 8.59. The van der Waals surface area contributed by atoms with Crippen LogP contribution in [-0.4, -0.2) is 41.5 Å². The fraction of sp³-hybridized carbons (Fsp3) is 0.320. The average molecular weight is 496 g/mol. The maximum Gasteiger partial charge on any atom is 0.244 e. The van der Waals surface area contributed by atoms with Gasteiger partial charge in [-0.1, -0.05) is 12.1 Å². The van der Waals surface area contributed by atoms with Crippen molar-refractivity contribution in [2.24, 2.45) is 5.92 Å². The Hall–Kier alpha value is -3.55. The maximum absolute atomic E-state index is 13.2. The minimum atomic E-state index is -3.81. The van der Waals surface area contributed by atoms with Gasteiger partial charge in [-0.2, -0.15) is 14.7 Å². The van der Waals surface area contributed by atoms with E-state index in [4.69, 9.17) is 0 Å². The van der Waals surface area contributed by atoms with Crippen molar-refractivity contribution in [2.45, 2.75) is 37.6 Å². The number of carbonyl (C=O) groups excluding carboxylic acids is 1. The van der Waals surface area contributed by atoms with Crippen LogP contribution in [0.25, 0.3) is 5.69 Å². The molecule has 0 radical (unpaired) electrons. The summed E-state index contributed by atoms with van der Waals surface area (Å²) >= 11 is 0. The number of rotatable bonds is 6. The number of nitriles is 1. The highest BCUT2D eigenvalue weighted by Gasteiger charge is 2.33. The Balaban J connectivity index is 1.39. The zero-order valence-electron chi connectivity index (χ0n) is 19.5. The normalized spacial score (nSPS) is 15.9. The van der Waals surface area contributed by atoms with E-state index in [1.165, 1.54) is 28.6 Å². The number of carbonyl (C=O) groups is 1. The number of amides is 1. The minimum Gasteiger partial charge on any atom is -0.349 e. The summed E-state index contributed by atoms with van der Waals surface area (Å²) in [5.74, 6) is -0.781. The molecule has 182 valence electrons. The molecular formula is C25H26FN5O3S. The Kier molecular flexibility index (Phi) is 7.00. The van der Waals surface area contributed by atoms with Crippen molar-refractivity contribution >= 4 is 15.9 Å². The third kappa shape index (κ3) is 4.97. The third-order valence-electron chi connectivity index (χ3n) is 6.39. The van der Waals surface area contributed by atoms with Gasteiger partial charge in [0.15, 0.2) is 0 Å². The van der Waals surface area contributed by atoms with E-state index in [1.807, 2.05) is 19.9 Å². The first-order valence-electron chi connectivity index (χ1n) is 11.3. The summed E-state index contributed by atoms with van der Waals surface area (Å²) < 4.78 is 42.3. The van der Waals surface area contributed by atoms with Crippen molar-refractivity contribution in [3.63, 3.8) is 0 Å². The number of nitrogens with one attached hydrogen (secondary N) is 1. The quantitative estimate of drug-likeness (QED) is 0.563. The zero-order chi connectivity index (χ0) is 25.2. The first-order valence-corrected chi connectivity index (χ1v) is 12.8. The molecule has 1 fully saturated rings. The lowest BCUT2D eigenvalue weighted by atomic mass is 9.96. The molecule has 1 amide bonds. The molecule has 0 bridgehead atoms. The van der Waals surface area contributed by atoms with Crippen LogP contribution in [0.5, 0.6) is 0 Å². The molecule has 1 aliphatic heterocycles. The maximum atomic E-state index is 13.2. The van der Waals surface area contributed by atoms with Gasteiger partial charge in [0.25, 0.3) is 0 Å². The van der Waals surface area contributed by atoms with Crippen LogP contribution in [0.3, 0.4) is 0 Å². The van der Waals surface area contributed by atoms with Crippen LogP contribution in [0.2, 0.25) is 0 Å². The van der Waals surface area contributed by atoms with Crippen LogP contribution in [0, 0.1) is 30.0 Å². The predicted octanol–water partition coefficient (Wildman–Crippen LogP) is 3.47. The number of hydrogen-bond donors (Lipinski definition) is 1. The predicted molar refractivity (Wildman–Crippen MR) is 127 cm³/mol. The van der Waals surface area contributed by atoms with Gasteiger partial charge in [0.2, 0.25) is 15.9 Å². The van der Waals surface area contributed by atoms with Crippen LogP contribution in [0.15, 0.2) is 59.6 Å². The summed E-state index contributed by atoms with van der Waals surface area (Å²) in [4.78, 5) is 12.9. The summed E-state index contributed by atoms with van der Waals surface area (Å²) in [7, 11) is -3.81. The molecule has 2 heterocycles. The summed E-state index contributed by atoms with van der Waals surface area (Å²) in [5, 5.41) is 16.7. The molecule has 35 heavy (non-hydrogen) atoms. The summed E-state index contributed by atoms with van der Waals surface area (Å²) in [6.45, 7) is 4.16. The van der Waals surface area contributed by atoms with Gasteiger partial charge in [-0.3, -0.25) is 4.79 Å². The lowest BCUT2D eigenvalue weighted by Gasteiger charge is -2.31. The van der Waals surface area contributed by atoms with Crippen molar-refractivity contribution in [2.75, 3.05) is 13.1 Å². The Morgan fingerprint density at radius 3 is 2.49 bits per heavy atom. The van der Waals surface area contributed by atoms with E-state index in [2.05, 4.69) is 10.4 Å². The van der Waals surface area contributed by atoms with Crippen molar-refractivity contribution in [1.29, 1.82) is 5.26 Å². The van der Waals surface area contributed by atoms with Crippen LogP contribution < -0.4 is 5.32 Å². The van der Waals surface area contributed by atoms with Crippen molar-refractivity contribution in [1.82, 2.24) is 19.4 Å². The average Bonchev–Trinajstić information content (AvgIpc) is 3.25. The first-order chi connectivity index (χ1) is 16.7. The second kappa shape index (κ2) is 9.98. The van der Waals surface area contributed by atoms with Crippen LogP contribution in [-0.2, 0) is 14.8 Å². The summed E-state index contributed by atoms with van der Waals surface area (Å²) in [6, 6.07) is 13.8. The molecule has 3 aromatic rings. The van der Waals surface area contributed by atoms with Gasteiger partial charge in [0.1, 0.15) is 11.9 Å². The first kappa shape index (κ1) is 24.6. The molecule has 1 aliphatic rings. The number of benzene rings is 2. The second-order valence-corrected chi connectivity index (χ2v) is 10.5. The molecule has 4 rings (SSSR count). The molecule has 1 aromatic heterocycles. The van der Waals surface area contributed by atoms with Gasteiger partial charge in [0.05, 0.1) is 28.4 Å². The van der Waals surface area contributed by atoms with Gasteiger partial charge in [-0.15, -0.1) is 0 Å². The molecule has 0 saturated carbocycles. The number of halogens is 1. The molecule has 1 saturated heterocycles. The molecule has 0 aliphatic carbocycles. The smallest absolute Gasteiger partial charge is 0.244 e. The van der Waals surface area contributed by atoms with E-state index in [9.17, 15) is 22.9 Å². The Labute approximate surface area is 204 Å². The standard InChI is InChI=1S/C25H26FN5O3S/c1-17(23-16-28-31(18(23)2)22-9-7-21(26)8-10-22)29-25(32)19-11-13-30(14-12-19)35(33,34)24-6-4-3-5-20(24)15-27/h3-10,16-17,19H,11-14H2,1-2H3,(H,29,32). The highest BCUT2D eigenvalue weighted by Crippen LogP contribution is 2.27. The molecular weight excluding hydrogens is 469 g/mol. The molecule has 2 aromatic carbocycles. The molecule has 1 atom stereocenters. The fourth-order valence-corrected chi connectivity index (χ4v) is 5.99. The molecule has 1 N–H and O–H groups in total. The summed E-state index contributed by atoms with van der Waals surface area (Å²) in [6.07, 6.45) is 2.46. The SMILES string of the molecule is Cc1c(C(C)NC(=O)C2CCN(S(=O)(=O)c3ccccc3C#N)CC2)cnn1-c1ccc(F)cc1. The van der Waals surface area contributed by atoms with Crippen LogP contribution in [0.1, 0.15) is 42.6 Å². The molecule has 1 unspecified atom stereocenters. The van der Waals surface area contributed by atoms with Crippen molar-refractivity contribution < 1.29 is 17.6 Å². The molecule has 10 heteroatoms. The molecule has 0 spiro atoms. The Morgan fingerprint density at radius 1 is 1.17 bits per heavy atom. The van der Waals surface area contributed by atoms with Crippen LogP contribution in [0.4, 0.5) is 4.39 Å².